The van der Waals surface area contributed by atoms with Crippen molar-refractivity contribution < 1.29 is 27.4 Å². The van der Waals surface area contributed by atoms with E-state index in [4.69, 9.17) is 16.4 Å². The third-order valence-corrected chi connectivity index (χ3v) is 2.59. The number of halogens is 5. The van der Waals surface area contributed by atoms with Crippen LogP contribution in [0.15, 0.2) is 15.6 Å². The van der Waals surface area contributed by atoms with Crippen LogP contribution in [0.4, 0.5) is 23.2 Å². The molecule has 0 spiro atoms. The average molecular weight is 384 g/mol. The predicted octanol–water partition coefficient (Wildman–Crippen LogP) is 2.42. The number of nitriles is 1. The van der Waals surface area contributed by atoms with Gasteiger partial charge in [0.2, 0.25) is 11.5 Å². The summed E-state index contributed by atoms with van der Waals surface area (Å²) in [5.74, 6) is -4.93. The van der Waals surface area contributed by atoms with Crippen molar-refractivity contribution in [2.24, 2.45) is 10.8 Å². The maximum atomic E-state index is 13.6. The highest BCUT2D eigenvalue weighted by molar-refractivity contribution is 9.10. The van der Waals surface area contributed by atoms with Gasteiger partial charge in [0.25, 0.3) is 0 Å². The van der Waals surface area contributed by atoms with Gasteiger partial charge in [-0.25, -0.2) is 4.39 Å². The van der Waals surface area contributed by atoms with E-state index < -0.39 is 45.4 Å². The van der Waals surface area contributed by atoms with Crippen LogP contribution in [0.3, 0.4) is 0 Å². The summed E-state index contributed by atoms with van der Waals surface area (Å²) < 4.78 is 53.0. The van der Waals surface area contributed by atoms with Crippen molar-refractivity contribution in [2.45, 2.75) is 6.36 Å². The van der Waals surface area contributed by atoms with Crippen molar-refractivity contribution in [1.29, 1.82) is 10.7 Å². The molecular formula is C10H6BrF4N5O2. The molecule has 1 rings (SSSR count). The number of hydrogen-bond donors (Lipinski definition) is 4. The summed E-state index contributed by atoms with van der Waals surface area (Å²) in [7, 11) is 0. The number of benzene rings is 1. The van der Waals surface area contributed by atoms with E-state index in [1.807, 2.05) is 5.43 Å². The summed E-state index contributed by atoms with van der Waals surface area (Å²) >= 11 is 2.64. The number of phenolic OH excluding ortho intramolecular Hbond substituents is 1. The van der Waals surface area contributed by atoms with Crippen molar-refractivity contribution in [3.63, 3.8) is 0 Å². The van der Waals surface area contributed by atoms with Gasteiger partial charge in [-0.1, -0.05) is 0 Å². The molecule has 0 amide bonds. The highest BCUT2D eigenvalue weighted by atomic mass is 79.9. The molecule has 0 aliphatic carbocycles. The molecule has 118 valence electrons. The topological polar surface area (TPSA) is 128 Å². The fourth-order valence-corrected chi connectivity index (χ4v) is 1.56. The maximum absolute atomic E-state index is 13.6. The molecule has 1 aromatic carbocycles. The summed E-state index contributed by atoms with van der Waals surface area (Å²) in [5.41, 5.74) is 5.88. The number of phenols is 1. The first-order valence-corrected chi connectivity index (χ1v) is 5.91. The molecule has 0 saturated heterocycles. The molecule has 7 nitrogen and oxygen atoms in total. The third kappa shape index (κ3) is 4.22. The van der Waals surface area contributed by atoms with E-state index in [2.05, 4.69) is 25.8 Å². The van der Waals surface area contributed by atoms with Gasteiger partial charge in [0.15, 0.2) is 17.4 Å². The number of ether oxygens (including phenoxy) is 1. The molecule has 0 aliphatic heterocycles. The summed E-state index contributed by atoms with van der Waals surface area (Å²) in [6, 6.07) is 2.28. The normalized spacial score (nSPS) is 11.7. The monoisotopic (exact) mass is 383 g/mol. The standard InChI is InChI=1S/C10H6BrF4N5O2/c11-3-1-4(19-20-5(2-16)9(17)18)7(21)8(6(3)12)22-10(13,14)15/h1,19,21H,(H3,17,18)/b20-5+. The maximum Gasteiger partial charge on any atom is 0.573 e. The van der Waals surface area contributed by atoms with Crippen LogP contribution in [-0.2, 0) is 0 Å². The Hall–Kier alpha value is -2.55. The molecule has 0 bridgehead atoms. The van der Waals surface area contributed by atoms with Gasteiger partial charge in [0.05, 0.1) is 4.47 Å². The Morgan fingerprint density at radius 3 is 2.59 bits per heavy atom. The smallest absolute Gasteiger partial charge is 0.503 e. The number of nitrogens with zero attached hydrogens (tertiary/aromatic N) is 2. The number of anilines is 1. The molecule has 0 radical (unpaired) electrons. The Morgan fingerprint density at radius 2 is 2.14 bits per heavy atom. The molecule has 0 heterocycles. The molecule has 1 aromatic rings. The van der Waals surface area contributed by atoms with Crippen molar-refractivity contribution in [2.75, 3.05) is 5.43 Å². The van der Waals surface area contributed by atoms with E-state index in [1.165, 1.54) is 6.07 Å². The zero-order valence-corrected chi connectivity index (χ0v) is 11.9. The molecular weight excluding hydrogens is 378 g/mol. The molecule has 12 heteroatoms. The van der Waals surface area contributed by atoms with Gasteiger partial charge in [-0.15, -0.1) is 13.2 Å². The lowest BCUT2D eigenvalue weighted by Gasteiger charge is -2.14. The van der Waals surface area contributed by atoms with Crippen LogP contribution in [0.25, 0.3) is 0 Å². The summed E-state index contributed by atoms with van der Waals surface area (Å²) in [5, 5.41) is 28.5. The van der Waals surface area contributed by atoms with E-state index in [9.17, 15) is 22.7 Å². The molecule has 0 aliphatic rings. The first-order chi connectivity index (χ1) is 10.1. The first-order valence-electron chi connectivity index (χ1n) is 5.11. The highest BCUT2D eigenvalue weighted by Gasteiger charge is 2.35. The molecule has 0 fully saturated rings. The van der Waals surface area contributed by atoms with Crippen LogP contribution in [-0.4, -0.2) is 23.0 Å². The van der Waals surface area contributed by atoms with E-state index in [0.29, 0.717) is 0 Å². The Labute approximate surface area is 128 Å². The minimum Gasteiger partial charge on any atom is -0.503 e. The minimum absolute atomic E-state index is 0.469. The van der Waals surface area contributed by atoms with E-state index in [0.717, 1.165) is 6.07 Å². The zero-order chi connectivity index (χ0) is 17.1. The van der Waals surface area contributed by atoms with Gasteiger partial charge in [0, 0.05) is 0 Å². The van der Waals surface area contributed by atoms with E-state index >= 15 is 0 Å². The molecule has 0 saturated carbocycles. The Kier molecular flexibility index (Phi) is 5.15. The van der Waals surface area contributed by atoms with E-state index in [-0.39, 0.29) is 0 Å². The van der Waals surface area contributed by atoms with Gasteiger partial charge in [0.1, 0.15) is 11.8 Å². The van der Waals surface area contributed by atoms with Crippen molar-refractivity contribution in [3.8, 4) is 17.6 Å². The van der Waals surface area contributed by atoms with Gasteiger partial charge in [-0.2, -0.15) is 10.4 Å². The van der Waals surface area contributed by atoms with Gasteiger partial charge < -0.3 is 15.6 Å². The number of nitrogens with one attached hydrogen (secondary N) is 2. The van der Waals surface area contributed by atoms with Crippen LogP contribution >= 0.6 is 15.9 Å². The van der Waals surface area contributed by atoms with Gasteiger partial charge in [-0.3, -0.25) is 10.8 Å². The molecule has 0 atom stereocenters. The Balaban J connectivity index is 3.29. The SMILES string of the molecule is N#C/C(=N\Nc1cc(Br)c(F)c(OC(F)(F)F)c1O)C(=N)N. The fourth-order valence-electron chi connectivity index (χ4n) is 1.15. The van der Waals surface area contributed by atoms with Crippen LogP contribution in [0.5, 0.6) is 11.5 Å². The summed E-state index contributed by atoms with van der Waals surface area (Å²) in [6.45, 7) is 0. The second-order valence-corrected chi connectivity index (χ2v) is 4.40. The third-order valence-electron chi connectivity index (χ3n) is 2.02. The predicted molar refractivity (Wildman–Crippen MR) is 71.0 cm³/mol. The first kappa shape index (κ1) is 17.5. The Morgan fingerprint density at radius 1 is 1.55 bits per heavy atom. The summed E-state index contributed by atoms with van der Waals surface area (Å²) in [4.78, 5) is 0. The second kappa shape index (κ2) is 6.48. The number of hydrazone groups is 1. The number of alkyl halides is 3. The lowest BCUT2D eigenvalue weighted by atomic mass is 10.2. The lowest BCUT2D eigenvalue weighted by molar-refractivity contribution is -0.276. The van der Waals surface area contributed by atoms with E-state index in [1.54, 1.807) is 0 Å². The second-order valence-electron chi connectivity index (χ2n) is 3.54. The highest BCUT2D eigenvalue weighted by Crippen LogP contribution is 2.42. The summed E-state index contributed by atoms with van der Waals surface area (Å²) in [6.07, 6.45) is -5.24. The number of nitrogens with two attached hydrogens (primary N) is 1. The van der Waals surface area contributed by atoms with Crippen LogP contribution < -0.4 is 15.9 Å². The van der Waals surface area contributed by atoms with Crippen molar-refractivity contribution in [3.05, 3.63) is 16.4 Å². The molecule has 22 heavy (non-hydrogen) atoms. The minimum atomic E-state index is -5.24. The zero-order valence-electron chi connectivity index (χ0n) is 10.3. The molecule has 0 aromatic heterocycles. The average Bonchev–Trinajstić information content (AvgIpc) is 2.39. The number of aromatic hydroxyl groups is 1. The van der Waals surface area contributed by atoms with Crippen LogP contribution in [0.1, 0.15) is 0 Å². The molecule has 0 unspecified atom stereocenters. The largest absolute Gasteiger partial charge is 0.573 e. The van der Waals surface area contributed by atoms with Gasteiger partial charge >= 0.3 is 6.36 Å². The molecule has 5 N–H and O–H groups in total. The Bertz CT molecular complexity index is 683. The van der Waals surface area contributed by atoms with Crippen LogP contribution in [0, 0.1) is 22.6 Å². The number of hydrogen-bond acceptors (Lipinski definition) is 6. The van der Waals surface area contributed by atoms with Crippen molar-refractivity contribution in [1.82, 2.24) is 0 Å². The van der Waals surface area contributed by atoms with Crippen molar-refractivity contribution >= 4 is 33.2 Å². The fraction of sp³-hybridized carbons (Fsp3) is 0.100. The quantitative estimate of drug-likeness (QED) is 0.208. The number of rotatable bonds is 4. The lowest BCUT2D eigenvalue weighted by Crippen LogP contribution is -2.22. The number of amidine groups is 1. The van der Waals surface area contributed by atoms with Crippen LogP contribution in [0.2, 0.25) is 0 Å². The van der Waals surface area contributed by atoms with Gasteiger partial charge in [-0.05, 0) is 22.0 Å².